The first-order chi connectivity index (χ1) is 9.22. The minimum Gasteiger partial charge on any atom is -0.368 e. The maximum Gasteiger partial charge on any atom is 0.257 e. The van der Waals surface area contributed by atoms with Gasteiger partial charge in [0.1, 0.15) is 18.5 Å². The van der Waals surface area contributed by atoms with Crippen LogP contribution in [0.3, 0.4) is 0 Å². The molecule has 0 atom stereocenters. The van der Waals surface area contributed by atoms with Crippen molar-refractivity contribution in [2.45, 2.75) is 0 Å². The topological polar surface area (TPSA) is 108 Å². The molecule has 9 heteroatoms. The summed E-state index contributed by atoms with van der Waals surface area (Å²) in [5, 5.41) is 3.89. The van der Waals surface area contributed by atoms with Gasteiger partial charge in [-0.3, -0.25) is 4.98 Å². The second-order valence-corrected chi connectivity index (χ2v) is 3.55. The zero-order chi connectivity index (χ0) is 13.2. The average molecular weight is 258 g/mol. The van der Waals surface area contributed by atoms with E-state index in [9.17, 15) is 4.39 Å². The van der Waals surface area contributed by atoms with E-state index in [1.54, 1.807) is 0 Å². The van der Waals surface area contributed by atoms with Crippen molar-refractivity contribution >= 4 is 5.95 Å². The summed E-state index contributed by atoms with van der Waals surface area (Å²) in [7, 11) is 0. The minimum atomic E-state index is -0.487. The van der Waals surface area contributed by atoms with Crippen LogP contribution in [0.5, 0.6) is 0 Å². The van der Waals surface area contributed by atoms with Gasteiger partial charge in [-0.2, -0.15) is 24.7 Å². The summed E-state index contributed by atoms with van der Waals surface area (Å²) in [4.78, 5) is 19.5. The predicted molar refractivity (Wildman–Crippen MR) is 62.3 cm³/mol. The van der Waals surface area contributed by atoms with Gasteiger partial charge in [-0.1, -0.05) is 0 Å². The van der Waals surface area contributed by atoms with E-state index in [-0.39, 0.29) is 17.7 Å². The number of rotatable bonds is 2. The van der Waals surface area contributed by atoms with Gasteiger partial charge in [0.2, 0.25) is 5.95 Å². The minimum absolute atomic E-state index is 0.000221. The van der Waals surface area contributed by atoms with E-state index >= 15 is 0 Å². The van der Waals surface area contributed by atoms with Crippen molar-refractivity contribution in [2.24, 2.45) is 0 Å². The maximum absolute atomic E-state index is 13.1. The Bertz CT molecular complexity index is 711. The number of nitrogens with zero attached hydrogens (tertiary/aromatic N) is 7. The summed E-state index contributed by atoms with van der Waals surface area (Å²) in [6, 6.07) is 1.26. The van der Waals surface area contributed by atoms with E-state index in [2.05, 4.69) is 30.0 Å². The molecule has 0 saturated carbocycles. The van der Waals surface area contributed by atoms with Crippen molar-refractivity contribution in [3.63, 3.8) is 0 Å². The molecule has 0 aromatic carbocycles. The molecule has 0 bridgehead atoms. The van der Waals surface area contributed by atoms with Crippen molar-refractivity contribution in [3.8, 4) is 17.3 Å². The highest BCUT2D eigenvalue weighted by atomic mass is 19.1. The summed E-state index contributed by atoms with van der Waals surface area (Å²) >= 11 is 0. The second-order valence-electron chi connectivity index (χ2n) is 3.55. The first kappa shape index (κ1) is 11.1. The first-order valence-electron chi connectivity index (χ1n) is 5.20. The summed E-state index contributed by atoms with van der Waals surface area (Å²) in [6.07, 6.45) is 5.28. The van der Waals surface area contributed by atoms with Crippen LogP contribution in [0.2, 0.25) is 0 Å². The van der Waals surface area contributed by atoms with Gasteiger partial charge in [-0.05, 0) is 6.07 Å². The van der Waals surface area contributed by atoms with Gasteiger partial charge in [-0.15, -0.1) is 0 Å². The van der Waals surface area contributed by atoms with Crippen molar-refractivity contribution in [1.29, 1.82) is 0 Å². The lowest BCUT2D eigenvalue weighted by atomic mass is 10.2. The lowest BCUT2D eigenvalue weighted by Crippen LogP contribution is -2.08. The quantitative estimate of drug-likeness (QED) is 0.701. The van der Waals surface area contributed by atoms with Gasteiger partial charge in [0.05, 0.1) is 6.20 Å². The molecule has 3 heterocycles. The van der Waals surface area contributed by atoms with E-state index in [1.165, 1.54) is 29.6 Å². The van der Waals surface area contributed by atoms with Crippen molar-refractivity contribution in [3.05, 3.63) is 36.9 Å². The molecule has 19 heavy (non-hydrogen) atoms. The first-order valence-corrected chi connectivity index (χ1v) is 5.20. The maximum atomic E-state index is 13.1. The van der Waals surface area contributed by atoms with Gasteiger partial charge in [0.25, 0.3) is 5.95 Å². The number of pyridine rings is 1. The van der Waals surface area contributed by atoms with Crippen molar-refractivity contribution in [1.82, 2.24) is 34.7 Å². The van der Waals surface area contributed by atoms with E-state index < -0.39 is 5.82 Å². The Balaban J connectivity index is 2.12. The Kier molecular flexibility index (Phi) is 2.56. The highest BCUT2D eigenvalue weighted by Crippen LogP contribution is 2.16. The van der Waals surface area contributed by atoms with Crippen LogP contribution in [-0.2, 0) is 0 Å². The number of nitrogen functional groups attached to an aromatic ring is 1. The lowest BCUT2D eigenvalue weighted by molar-refractivity contribution is 0.621. The third-order valence-electron chi connectivity index (χ3n) is 2.23. The molecular formula is C10H7FN8. The van der Waals surface area contributed by atoms with E-state index in [1.807, 2.05) is 0 Å². The molecule has 94 valence electrons. The van der Waals surface area contributed by atoms with Gasteiger partial charge in [-0.25, -0.2) is 9.37 Å². The molecule has 3 aromatic heterocycles. The van der Waals surface area contributed by atoms with E-state index in [0.29, 0.717) is 5.56 Å². The average Bonchev–Trinajstić information content (AvgIpc) is 2.92. The highest BCUT2D eigenvalue weighted by Gasteiger charge is 2.09. The van der Waals surface area contributed by atoms with Crippen LogP contribution in [0.15, 0.2) is 31.1 Å². The fourth-order valence-corrected chi connectivity index (χ4v) is 1.46. The molecule has 0 aliphatic carbocycles. The smallest absolute Gasteiger partial charge is 0.257 e. The standard InChI is InChI=1S/C10H7FN8/c11-7-1-6(2-13-3-7)8-16-9(12)18-10(17-8)19-5-14-4-15-19/h1-5H,(H2,12,16,17,18). The summed E-state index contributed by atoms with van der Waals surface area (Å²) in [5.41, 5.74) is 6.00. The molecule has 0 aliphatic heterocycles. The monoisotopic (exact) mass is 258 g/mol. The van der Waals surface area contributed by atoms with Crippen LogP contribution in [0.25, 0.3) is 17.3 Å². The second kappa shape index (κ2) is 4.37. The van der Waals surface area contributed by atoms with Crippen LogP contribution < -0.4 is 5.73 Å². The van der Waals surface area contributed by atoms with Gasteiger partial charge in [0.15, 0.2) is 5.82 Å². The molecule has 0 amide bonds. The third-order valence-corrected chi connectivity index (χ3v) is 2.23. The number of anilines is 1. The van der Waals surface area contributed by atoms with Crippen LogP contribution in [0.1, 0.15) is 0 Å². The zero-order valence-electron chi connectivity index (χ0n) is 9.47. The highest BCUT2D eigenvalue weighted by molar-refractivity contribution is 5.55. The molecule has 0 saturated heterocycles. The zero-order valence-corrected chi connectivity index (χ0v) is 9.47. The summed E-state index contributed by atoms with van der Waals surface area (Å²) in [5.74, 6) is -0.0761. The molecule has 3 rings (SSSR count). The van der Waals surface area contributed by atoms with Gasteiger partial charge < -0.3 is 5.73 Å². The number of hydrogen-bond donors (Lipinski definition) is 1. The Morgan fingerprint density at radius 3 is 2.74 bits per heavy atom. The van der Waals surface area contributed by atoms with Crippen molar-refractivity contribution in [2.75, 3.05) is 5.73 Å². The molecule has 0 fully saturated rings. The number of aromatic nitrogens is 7. The fourth-order valence-electron chi connectivity index (χ4n) is 1.46. The fraction of sp³-hybridized carbons (Fsp3) is 0. The van der Waals surface area contributed by atoms with E-state index in [4.69, 9.17) is 5.73 Å². The molecule has 0 radical (unpaired) electrons. The normalized spacial score (nSPS) is 10.6. The van der Waals surface area contributed by atoms with E-state index in [0.717, 1.165) is 6.20 Å². The number of hydrogen-bond acceptors (Lipinski definition) is 7. The van der Waals surface area contributed by atoms with Crippen LogP contribution >= 0.6 is 0 Å². The Morgan fingerprint density at radius 1 is 1.11 bits per heavy atom. The molecular weight excluding hydrogens is 251 g/mol. The number of halogens is 1. The third kappa shape index (κ3) is 2.20. The van der Waals surface area contributed by atoms with Crippen LogP contribution in [0, 0.1) is 5.82 Å². The lowest BCUT2D eigenvalue weighted by Gasteiger charge is -2.04. The predicted octanol–water partition coefficient (Wildman–Crippen LogP) is 0.236. The Labute approximate surface area is 106 Å². The molecule has 8 nitrogen and oxygen atoms in total. The molecule has 0 unspecified atom stereocenters. The molecule has 2 N–H and O–H groups in total. The van der Waals surface area contributed by atoms with Crippen LogP contribution in [-0.4, -0.2) is 34.7 Å². The largest absolute Gasteiger partial charge is 0.368 e. The SMILES string of the molecule is Nc1nc(-c2cncc(F)c2)nc(-n2cncn2)n1. The summed E-state index contributed by atoms with van der Waals surface area (Å²) in [6.45, 7) is 0. The summed E-state index contributed by atoms with van der Waals surface area (Å²) < 4.78 is 14.5. The number of nitrogens with two attached hydrogens (primary N) is 1. The van der Waals surface area contributed by atoms with Crippen molar-refractivity contribution < 1.29 is 4.39 Å². The van der Waals surface area contributed by atoms with Crippen LogP contribution in [0.4, 0.5) is 10.3 Å². The van der Waals surface area contributed by atoms with Gasteiger partial charge >= 0.3 is 0 Å². The van der Waals surface area contributed by atoms with Gasteiger partial charge in [0, 0.05) is 11.8 Å². The molecule has 0 aliphatic rings. The molecule has 0 spiro atoms. The Hall–Kier alpha value is -2.97. The molecule has 3 aromatic rings. The Morgan fingerprint density at radius 2 is 2.00 bits per heavy atom.